The van der Waals surface area contributed by atoms with E-state index >= 15 is 0 Å². The maximum absolute atomic E-state index is 11.8. The third-order valence-electron chi connectivity index (χ3n) is 2.29. The summed E-state index contributed by atoms with van der Waals surface area (Å²) in [5.74, 6) is -0.559. The summed E-state index contributed by atoms with van der Waals surface area (Å²) in [6.45, 7) is 5.03. The van der Waals surface area contributed by atoms with Crippen LogP contribution in [0.2, 0.25) is 0 Å². The smallest absolute Gasteiger partial charge is 0.462 e. The maximum Gasteiger partial charge on any atom is 0.522 e. The first-order valence-electron chi connectivity index (χ1n) is 4.85. The van der Waals surface area contributed by atoms with Crippen molar-refractivity contribution in [3.8, 4) is 0 Å². The van der Waals surface area contributed by atoms with Gasteiger partial charge < -0.3 is 4.74 Å². The lowest BCUT2D eigenvalue weighted by Gasteiger charge is -2.34. The normalized spacial score (nSPS) is 24.8. The Morgan fingerprint density at radius 1 is 1.44 bits per heavy atom. The van der Waals surface area contributed by atoms with Crippen molar-refractivity contribution < 1.29 is 27.4 Å². The van der Waals surface area contributed by atoms with Crippen LogP contribution in [0.15, 0.2) is 12.2 Å². The Bertz CT molecular complexity index is 280. The van der Waals surface area contributed by atoms with Crippen molar-refractivity contribution in [2.24, 2.45) is 5.92 Å². The van der Waals surface area contributed by atoms with Crippen molar-refractivity contribution in [1.29, 1.82) is 0 Å². The van der Waals surface area contributed by atoms with Crippen LogP contribution in [0.25, 0.3) is 0 Å². The predicted octanol–water partition coefficient (Wildman–Crippen LogP) is 2.42. The molecule has 6 heteroatoms. The molecule has 0 radical (unpaired) electrons. The fraction of sp³-hybridized carbons (Fsp3) is 0.700. The number of carbonyl (C=O) groups is 1. The van der Waals surface area contributed by atoms with E-state index in [9.17, 15) is 18.0 Å². The quantitative estimate of drug-likeness (QED) is 0.557. The average Bonchev–Trinajstić information content (AvgIpc) is 2.05. The van der Waals surface area contributed by atoms with Gasteiger partial charge in [0.25, 0.3) is 0 Å². The highest BCUT2D eigenvalue weighted by Gasteiger charge is 2.40. The first kappa shape index (κ1) is 13.0. The Kier molecular flexibility index (Phi) is 3.96. The topological polar surface area (TPSA) is 35.5 Å². The summed E-state index contributed by atoms with van der Waals surface area (Å²) in [6.07, 6.45) is -4.84. The lowest BCUT2D eigenvalue weighted by atomic mass is 9.83. The van der Waals surface area contributed by atoms with E-state index in [-0.39, 0.29) is 30.9 Å². The summed E-state index contributed by atoms with van der Waals surface area (Å²) in [7, 11) is 0. The summed E-state index contributed by atoms with van der Waals surface area (Å²) in [4.78, 5) is 11.0. The van der Waals surface area contributed by atoms with Gasteiger partial charge in [-0.1, -0.05) is 6.58 Å². The zero-order chi connectivity index (χ0) is 12.3. The molecule has 0 unspecified atom stereocenters. The number of hydrogen-bond acceptors (Lipinski definition) is 3. The highest BCUT2D eigenvalue weighted by Crippen LogP contribution is 2.34. The Morgan fingerprint density at radius 3 is 2.44 bits per heavy atom. The van der Waals surface area contributed by atoms with Crippen LogP contribution in [0.4, 0.5) is 13.2 Å². The molecule has 0 aromatic heterocycles. The second-order valence-corrected chi connectivity index (χ2v) is 3.90. The van der Waals surface area contributed by atoms with Crippen LogP contribution in [0, 0.1) is 5.92 Å². The van der Waals surface area contributed by atoms with E-state index < -0.39 is 18.4 Å². The summed E-state index contributed by atoms with van der Waals surface area (Å²) >= 11 is 0. The fourth-order valence-electron chi connectivity index (χ4n) is 1.41. The van der Waals surface area contributed by atoms with Gasteiger partial charge in [-0.05, 0) is 25.7 Å². The Hall–Kier alpha value is -1.04. The minimum atomic E-state index is -4.58. The third kappa shape index (κ3) is 4.22. The number of rotatable bonds is 4. The Morgan fingerprint density at radius 2 is 2.00 bits per heavy atom. The maximum atomic E-state index is 11.8. The molecule has 0 amide bonds. The van der Waals surface area contributed by atoms with E-state index in [0.717, 1.165) is 0 Å². The van der Waals surface area contributed by atoms with E-state index in [2.05, 4.69) is 11.3 Å². The lowest BCUT2D eigenvalue weighted by Crippen LogP contribution is -2.38. The molecule has 1 saturated carbocycles. The van der Waals surface area contributed by atoms with Crippen molar-refractivity contribution >= 4 is 5.97 Å². The molecule has 0 atom stereocenters. The van der Waals surface area contributed by atoms with Gasteiger partial charge >= 0.3 is 12.3 Å². The molecule has 0 spiro atoms. The molecular formula is C10H13F3O3. The van der Waals surface area contributed by atoms with E-state index in [0.29, 0.717) is 0 Å². The minimum absolute atomic E-state index is 0.0457. The summed E-state index contributed by atoms with van der Waals surface area (Å²) in [5.41, 5.74) is 0.280. The molecule has 1 rings (SSSR count). The summed E-state index contributed by atoms with van der Waals surface area (Å²) in [6, 6.07) is 0. The molecule has 92 valence electrons. The summed E-state index contributed by atoms with van der Waals surface area (Å²) < 4.78 is 43.9. The van der Waals surface area contributed by atoms with E-state index in [4.69, 9.17) is 4.74 Å². The largest absolute Gasteiger partial charge is 0.522 e. The first-order chi connectivity index (χ1) is 7.28. The van der Waals surface area contributed by atoms with Crippen molar-refractivity contribution in [1.82, 2.24) is 0 Å². The zero-order valence-electron chi connectivity index (χ0n) is 8.84. The number of halogens is 3. The van der Waals surface area contributed by atoms with Crippen molar-refractivity contribution in [2.75, 3.05) is 6.61 Å². The van der Waals surface area contributed by atoms with Crippen LogP contribution in [0.1, 0.15) is 19.8 Å². The molecule has 0 heterocycles. The van der Waals surface area contributed by atoms with Crippen LogP contribution in [0.5, 0.6) is 0 Å². The van der Waals surface area contributed by atoms with Gasteiger partial charge in [-0.2, -0.15) is 0 Å². The van der Waals surface area contributed by atoms with Crippen LogP contribution in [0.3, 0.4) is 0 Å². The molecular weight excluding hydrogens is 225 g/mol. The number of ether oxygens (including phenoxy) is 2. The van der Waals surface area contributed by atoms with Gasteiger partial charge in [-0.25, -0.2) is 4.79 Å². The van der Waals surface area contributed by atoms with Crippen LogP contribution < -0.4 is 0 Å². The number of esters is 1. The predicted molar refractivity (Wildman–Crippen MR) is 49.4 cm³/mol. The zero-order valence-corrected chi connectivity index (χ0v) is 8.84. The molecule has 0 N–H and O–H groups in total. The van der Waals surface area contributed by atoms with Gasteiger partial charge in [-0.15, -0.1) is 13.2 Å². The van der Waals surface area contributed by atoms with Crippen molar-refractivity contribution in [3.05, 3.63) is 12.2 Å². The van der Waals surface area contributed by atoms with Crippen LogP contribution >= 0.6 is 0 Å². The molecule has 0 bridgehead atoms. The molecule has 3 nitrogen and oxygen atoms in total. The Labute approximate surface area is 91.2 Å². The molecule has 0 aliphatic heterocycles. The number of hydrogen-bond donors (Lipinski definition) is 0. The van der Waals surface area contributed by atoms with E-state index in [1.807, 2.05) is 0 Å². The standard InChI is InChI=1S/C10H13F3O3/c1-6(2)9(14)15-5-7-3-8(4-7)16-10(11,12)13/h7-8H,1,3-5H2,2H3. The average molecular weight is 238 g/mol. The second kappa shape index (κ2) is 4.86. The molecule has 1 aliphatic rings. The van der Waals surface area contributed by atoms with Gasteiger partial charge in [0.2, 0.25) is 0 Å². The highest BCUT2D eigenvalue weighted by atomic mass is 19.4. The number of alkyl halides is 3. The second-order valence-electron chi connectivity index (χ2n) is 3.90. The van der Waals surface area contributed by atoms with Crippen molar-refractivity contribution in [3.63, 3.8) is 0 Å². The van der Waals surface area contributed by atoms with Gasteiger partial charge in [-0.3, -0.25) is 4.74 Å². The minimum Gasteiger partial charge on any atom is -0.462 e. The molecule has 1 aliphatic carbocycles. The van der Waals surface area contributed by atoms with Crippen LogP contribution in [-0.2, 0) is 14.3 Å². The molecule has 0 aromatic rings. The van der Waals surface area contributed by atoms with Gasteiger partial charge in [0.05, 0.1) is 12.7 Å². The monoisotopic (exact) mass is 238 g/mol. The van der Waals surface area contributed by atoms with Gasteiger partial charge in [0.15, 0.2) is 0 Å². The molecule has 0 aromatic carbocycles. The van der Waals surface area contributed by atoms with E-state index in [1.54, 1.807) is 0 Å². The third-order valence-corrected chi connectivity index (χ3v) is 2.29. The number of carbonyl (C=O) groups excluding carboxylic acids is 1. The lowest BCUT2D eigenvalue weighted by molar-refractivity contribution is -0.354. The SMILES string of the molecule is C=C(C)C(=O)OCC1CC(OC(F)(F)F)C1. The van der Waals surface area contributed by atoms with E-state index in [1.165, 1.54) is 6.92 Å². The fourth-order valence-corrected chi connectivity index (χ4v) is 1.41. The first-order valence-corrected chi connectivity index (χ1v) is 4.85. The Balaban J connectivity index is 2.13. The van der Waals surface area contributed by atoms with Gasteiger partial charge in [0.1, 0.15) is 0 Å². The van der Waals surface area contributed by atoms with Crippen molar-refractivity contribution in [2.45, 2.75) is 32.2 Å². The molecule has 0 saturated heterocycles. The van der Waals surface area contributed by atoms with Gasteiger partial charge in [0, 0.05) is 5.57 Å². The van der Waals surface area contributed by atoms with Crippen LogP contribution in [-0.4, -0.2) is 25.0 Å². The molecule has 16 heavy (non-hydrogen) atoms. The molecule has 1 fully saturated rings. The highest BCUT2D eigenvalue weighted by molar-refractivity contribution is 5.86. The summed E-state index contributed by atoms with van der Waals surface area (Å²) in [5, 5.41) is 0.